The molecule has 1 aliphatic carbocycles. The Morgan fingerprint density at radius 2 is 2.50 bits per heavy atom. The first kappa shape index (κ1) is 9.62. The second-order valence-corrected chi connectivity index (χ2v) is 4.08. The van der Waals surface area contributed by atoms with E-state index in [1.54, 1.807) is 6.20 Å². The van der Waals surface area contributed by atoms with Gasteiger partial charge in [0.1, 0.15) is 5.60 Å². The summed E-state index contributed by atoms with van der Waals surface area (Å²) in [7, 11) is 0. The zero-order chi connectivity index (χ0) is 10.2. The SMILES string of the molecule is CC1Cc2cccnc2C1(O)CCN. The first-order chi connectivity index (χ1) is 6.68. The van der Waals surface area contributed by atoms with Crippen LogP contribution in [0, 0.1) is 5.92 Å². The van der Waals surface area contributed by atoms with Gasteiger partial charge in [-0.05, 0) is 36.9 Å². The van der Waals surface area contributed by atoms with E-state index in [-0.39, 0.29) is 5.92 Å². The standard InChI is InChI=1S/C11H16N2O/c1-8-7-9-3-2-6-13-10(9)11(8,14)4-5-12/h2-3,6,8,14H,4-5,7,12H2,1H3. The summed E-state index contributed by atoms with van der Waals surface area (Å²) in [5.74, 6) is 0.218. The van der Waals surface area contributed by atoms with E-state index >= 15 is 0 Å². The summed E-state index contributed by atoms with van der Waals surface area (Å²) in [6, 6.07) is 3.95. The highest BCUT2D eigenvalue weighted by atomic mass is 16.3. The maximum atomic E-state index is 10.5. The molecule has 76 valence electrons. The molecular formula is C11H16N2O. The van der Waals surface area contributed by atoms with Crippen molar-refractivity contribution >= 4 is 0 Å². The van der Waals surface area contributed by atoms with Crippen LogP contribution >= 0.6 is 0 Å². The number of aromatic nitrogens is 1. The molecule has 3 N–H and O–H groups in total. The van der Waals surface area contributed by atoms with E-state index in [2.05, 4.69) is 11.9 Å². The van der Waals surface area contributed by atoms with E-state index in [1.165, 1.54) is 0 Å². The Kier molecular flexibility index (Phi) is 2.29. The Labute approximate surface area is 84.0 Å². The molecule has 2 unspecified atom stereocenters. The number of nitrogens with two attached hydrogens (primary N) is 1. The summed E-state index contributed by atoms with van der Waals surface area (Å²) in [6.45, 7) is 2.55. The normalized spacial score (nSPS) is 30.4. The van der Waals surface area contributed by atoms with Crippen LogP contribution in [0.1, 0.15) is 24.6 Å². The molecule has 1 heterocycles. The van der Waals surface area contributed by atoms with Crippen LogP contribution in [0.2, 0.25) is 0 Å². The third kappa shape index (κ3) is 1.24. The lowest BCUT2D eigenvalue weighted by atomic mass is 9.88. The molecule has 3 nitrogen and oxygen atoms in total. The monoisotopic (exact) mass is 192 g/mol. The van der Waals surface area contributed by atoms with Gasteiger partial charge in [0, 0.05) is 6.20 Å². The van der Waals surface area contributed by atoms with Gasteiger partial charge in [0.2, 0.25) is 0 Å². The second-order valence-electron chi connectivity index (χ2n) is 4.08. The minimum Gasteiger partial charge on any atom is -0.383 e. The zero-order valence-corrected chi connectivity index (χ0v) is 8.40. The van der Waals surface area contributed by atoms with Crippen LogP contribution in [0.25, 0.3) is 0 Å². The zero-order valence-electron chi connectivity index (χ0n) is 8.40. The van der Waals surface area contributed by atoms with Crippen LogP contribution in [-0.2, 0) is 12.0 Å². The van der Waals surface area contributed by atoms with Gasteiger partial charge in [0.25, 0.3) is 0 Å². The molecule has 1 aromatic rings. The van der Waals surface area contributed by atoms with Gasteiger partial charge in [-0.3, -0.25) is 4.98 Å². The average Bonchev–Trinajstić information content (AvgIpc) is 2.41. The van der Waals surface area contributed by atoms with Crippen LogP contribution in [-0.4, -0.2) is 16.6 Å². The molecule has 14 heavy (non-hydrogen) atoms. The van der Waals surface area contributed by atoms with Crippen molar-refractivity contribution < 1.29 is 5.11 Å². The van der Waals surface area contributed by atoms with Crippen molar-refractivity contribution in [3.63, 3.8) is 0 Å². The van der Waals surface area contributed by atoms with Crippen molar-refractivity contribution in [3.05, 3.63) is 29.6 Å². The molecule has 0 aromatic carbocycles. The topological polar surface area (TPSA) is 59.1 Å². The first-order valence-corrected chi connectivity index (χ1v) is 5.05. The van der Waals surface area contributed by atoms with Gasteiger partial charge in [0.05, 0.1) is 5.69 Å². The Bertz CT molecular complexity index is 340. The Hall–Kier alpha value is -0.930. The molecule has 1 aromatic heterocycles. The maximum Gasteiger partial charge on any atom is 0.111 e. The fourth-order valence-corrected chi connectivity index (χ4v) is 2.31. The average molecular weight is 192 g/mol. The van der Waals surface area contributed by atoms with Crippen molar-refractivity contribution in [3.8, 4) is 0 Å². The molecule has 0 spiro atoms. The third-order valence-corrected chi connectivity index (χ3v) is 3.17. The van der Waals surface area contributed by atoms with Crippen molar-refractivity contribution in [1.82, 2.24) is 4.98 Å². The molecule has 0 bridgehead atoms. The van der Waals surface area contributed by atoms with Gasteiger partial charge in [-0.15, -0.1) is 0 Å². The first-order valence-electron chi connectivity index (χ1n) is 5.05. The minimum absolute atomic E-state index is 0.218. The van der Waals surface area contributed by atoms with Gasteiger partial charge >= 0.3 is 0 Å². The Morgan fingerprint density at radius 1 is 1.71 bits per heavy atom. The van der Waals surface area contributed by atoms with Gasteiger partial charge in [-0.25, -0.2) is 0 Å². The van der Waals surface area contributed by atoms with E-state index in [9.17, 15) is 5.11 Å². The van der Waals surface area contributed by atoms with Crippen molar-refractivity contribution in [1.29, 1.82) is 0 Å². The molecule has 3 heteroatoms. The maximum absolute atomic E-state index is 10.5. The molecule has 2 rings (SSSR count). The molecule has 0 saturated carbocycles. The smallest absolute Gasteiger partial charge is 0.111 e. The van der Waals surface area contributed by atoms with Crippen LogP contribution < -0.4 is 5.73 Å². The number of rotatable bonds is 2. The molecule has 1 aliphatic rings. The predicted molar refractivity (Wildman–Crippen MR) is 54.7 cm³/mol. The molecule has 0 aliphatic heterocycles. The highest BCUT2D eigenvalue weighted by Crippen LogP contribution is 2.41. The summed E-state index contributed by atoms with van der Waals surface area (Å²) in [4.78, 5) is 4.28. The quantitative estimate of drug-likeness (QED) is 0.729. The lowest BCUT2D eigenvalue weighted by Crippen LogP contribution is -2.33. The molecule has 0 saturated heterocycles. The Balaban J connectivity index is 2.43. The summed E-state index contributed by atoms with van der Waals surface area (Å²) < 4.78 is 0. The number of aliphatic hydroxyl groups is 1. The summed E-state index contributed by atoms with van der Waals surface area (Å²) in [5, 5.41) is 10.5. The fourth-order valence-electron chi connectivity index (χ4n) is 2.31. The van der Waals surface area contributed by atoms with Crippen LogP contribution in [0.3, 0.4) is 0 Å². The number of fused-ring (bicyclic) bond motifs is 1. The van der Waals surface area contributed by atoms with Crippen molar-refractivity contribution in [2.45, 2.75) is 25.4 Å². The number of pyridine rings is 1. The summed E-state index contributed by atoms with van der Waals surface area (Å²) in [5.41, 5.74) is 6.72. The lowest BCUT2D eigenvalue weighted by Gasteiger charge is -2.27. The number of hydrogen-bond acceptors (Lipinski definition) is 3. The van der Waals surface area contributed by atoms with E-state index < -0.39 is 5.60 Å². The fraction of sp³-hybridized carbons (Fsp3) is 0.545. The van der Waals surface area contributed by atoms with Crippen LogP contribution in [0.15, 0.2) is 18.3 Å². The number of nitrogens with zero attached hydrogens (tertiary/aromatic N) is 1. The lowest BCUT2D eigenvalue weighted by molar-refractivity contribution is -0.0136. The number of hydrogen-bond donors (Lipinski definition) is 2. The van der Waals surface area contributed by atoms with Gasteiger partial charge in [0.15, 0.2) is 0 Å². The Morgan fingerprint density at radius 3 is 3.21 bits per heavy atom. The molecule has 0 fully saturated rings. The largest absolute Gasteiger partial charge is 0.383 e. The predicted octanol–water partition coefficient (Wildman–Crippen LogP) is 0.810. The van der Waals surface area contributed by atoms with Gasteiger partial charge < -0.3 is 10.8 Å². The van der Waals surface area contributed by atoms with Crippen molar-refractivity contribution in [2.24, 2.45) is 11.7 Å². The minimum atomic E-state index is -0.800. The molecule has 0 amide bonds. The highest BCUT2D eigenvalue weighted by molar-refractivity contribution is 5.32. The third-order valence-electron chi connectivity index (χ3n) is 3.17. The van der Waals surface area contributed by atoms with Crippen molar-refractivity contribution in [2.75, 3.05) is 6.54 Å². The summed E-state index contributed by atoms with van der Waals surface area (Å²) >= 11 is 0. The van der Waals surface area contributed by atoms with E-state index in [0.717, 1.165) is 17.7 Å². The van der Waals surface area contributed by atoms with Gasteiger partial charge in [-0.1, -0.05) is 13.0 Å². The molecule has 2 atom stereocenters. The molecular weight excluding hydrogens is 176 g/mol. The van der Waals surface area contributed by atoms with Gasteiger partial charge in [-0.2, -0.15) is 0 Å². The summed E-state index contributed by atoms with van der Waals surface area (Å²) in [6.07, 6.45) is 3.23. The molecule has 0 radical (unpaired) electrons. The highest BCUT2D eigenvalue weighted by Gasteiger charge is 2.43. The van der Waals surface area contributed by atoms with Crippen LogP contribution in [0.4, 0.5) is 0 Å². The van der Waals surface area contributed by atoms with Crippen LogP contribution in [0.5, 0.6) is 0 Å². The van der Waals surface area contributed by atoms with E-state index in [0.29, 0.717) is 13.0 Å². The van der Waals surface area contributed by atoms with E-state index in [1.807, 2.05) is 12.1 Å². The second kappa shape index (κ2) is 3.33. The van der Waals surface area contributed by atoms with E-state index in [4.69, 9.17) is 5.73 Å².